The number of methoxy groups -OCH3 is 2. The fourth-order valence-electron chi connectivity index (χ4n) is 4.07. The summed E-state index contributed by atoms with van der Waals surface area (Å²) < 4.78 is 10.6. The van der Waals surface area contributed by atoms with E-state index in [1.807, 2.05) is 36.1 Å². The van der Waals surface area contributed by atoms with Gasteiger partial charge in [0.05, 0.1) is 32.7 Å². The maximum absolute atomic E-state index is 12.9. The van der Waals surface area contributed by atoms with Crippen LogP contribution in [0.25, 0.3) is 0 Å². The monoisotopic (exact) mass is 368 g/mol. The molecule has 0 saturated carbocycles. The number of piperazine rings is 1. The van der Waals surface area contributed by atoms with Gasteiger partial charge in [0, 0.05) is 24.8 Å². The highest BCUT2D eigenvalue weighted by Crippen LogP contribution is 2.35. The third-order valence-corrected chi connectivity index (χ3v) is 5.40. The maximum Gasteiger partial charge on any atom is 0.227 e. The average Bonchev–Trinajstić information content (AvgIpc) is 2.67. The lowest BCUT2D eigenvalue weighted by atomic mass is 9.86. The Morgan fingerprint density at radius 3 is 2.52 bits per heavy atom. The molecule has 3 fully saturated rings. The summed E-state index contributed by atoms with van der Waals surface area (Å²) in [5.74, 6) is 2.44. The average molecular weight is 368 g/mol. The Labute approximate surface area is 158 Å². The van der Waals surface area contributed by atoms with Crippen LogP contribution in [-0.4, -0.2) is 60.2 Å². The molecule has 5 rings (SSSR count). The molecule has 7 nitrogen and oxygen atoms in total. The molecule has 2 atom stereocenters. The van der Waals surface area contributed by atoms with Gasteiger partial charge in [-0.3, -0.25) is 4.79 Å². The minimum atomic E-state index is 0.169. The summed E-state index contributed by atoms with van der Waals surface area (Å²) >= 11 is 0. The number of piperidine rings is 1. The molecule has 3 saturated heterocycles. The van der Waals surface area contributed by atoms with E-state index in [-0.39, 0.29) is 18.0 Å². The van der Waals surface area contributed by atoms with E-state index in [0.29, 0.717) is 17.9 Å². The Hall–Kier alpha value is -2.83. The largest absolute Gasteiger partial charge is 0.493 e. The van der Waals surface area contributed by atoms with Crippen molar-refractivity contribution in [2.75, 3.05) is 32.2 Å². The summed E-state index contributed by atoms with van der Waals surface area (Å²) in [5, 5.41) is 0. The number of nitrogens with zero attached hydrogens (tertiary/aromatic N) is 4. The molecule has 0 spiro atoms. The van der Waals surface area contributed by atoms with Crippen LogP contribution in [0.2, 0.25) is 0 Å². The molecule has 142 valence electrons. The third-order valence-electron chi connectivity index (χ3n) is 5.40. The standard InChI is InChI=1S/C20H24N4O3/c1-13-6-19(22-12-21-13)23-10-15-9-16(11-23)24(15)20(25)8-14-4-5-17(26-2)18(7-14)27-3/h4-7,12,15-16H,8-11H2,1-3H3. The fraction of sp³-hybridized carbons (Fsp3) is 0.450. The molecule has 4 heterocycles. The molecule has 2 bridgehead atoms. The summed E-state index contributed by atoms with van der Waals surface area (Å²) in [7, 11) is 3.21. The molecule has 27 heavy (non-hydrogen) atoms. The van der Waals surface area contributed by atoms with Gasteiger partial charge in [0.25, 0.3) is 0 Å². The van der Waals surface area contributed by atoms with Gasteiger partial charge in [-0.05, 0) is 31.0 Å². The predicted octanol–water partition coefficient (Wildman–Crippen LogP) is 1.83. The summed E-state index contributed by atoms with van der Waals surface area (Å²) in [5.41, 5.74) is 1.89. The predicted molar refractivity (Wildman–Crippen MR) is 101 cm³/mol. The fourth-order valence-corrected chi connectivity index (χ4v) is 4.07. The smallest absolute Gasteiger partial charge is 0.227 e. The number of aromatic nitrogens is 2. The number of amides is 1. The molecule has 0 aliphatic carbocycles. The van der Waals surface area contributed by atoms with E-state index in [0.717, 1.165) is 36.6 Å². The molecule has 1 amide bonds. The van der Waals surface area contributed by atoms with Crippen LogP contribution in [0.3, 0.4) is 0 Å². The van der Waals surface area contributed by atoms with Gasteiger partial charge in [-0.1, -0.05) is 6.07 Å². The summed E-state index contributed by atoms with van der Waals surface area (Å²) in [4.78, 5) is 25.7. The van der Waals surface area contributed by atoms with E-state index in [2.05, 4.69) is 14.9 Å². The Bertz CT molecular complexity index is 845. The third kappa shape index (κ3) is 3.29. The number of carbonyl (C=O) groups excluding carboxylic acids is 1. The Kier molecular flexibility index (Phi) is 4.59. The van der Waals surface area contributed by atoms with Crippen LogP contribution in [0.15, 0.2) is 30.6 Å². The Morgan fingerprint density at radius 2 is 1.85 bits per heavy atom. The van der Waals surface area contributed by atoms with Gasteiger partial charge in [0.2, 0.25) is 5.91 Å². The SMILES string of the molecule is COc1ccc(CC(=O)N2C3CC2CN(c2cc(C)ncn2)C3)cc1OC. The summed E-state index contributed by atoms with van der Waals surface area (Å²) in [6.45, 7) is 3.62. The van der Waals surface area contributed by atoms with Crippen LogP contribution in [-0.2, 0) is 11.2 Å². The number of fused-ring (bicyclic) bond motifs is 2. The van der Waals surface area contributed by atoms with Gasteiger partial charge in [0.1, 0.15) is 12.1 Å². The number of benzene rings is 1. The molecule has 0 N–H and O–H groups in total. The molecular weight excluding hydrogens is 344 g/mol. The lowest BCUT2D eigenvalue weighted by molar-refractivity contribution is -0.145. The summed E-state index contributed by atoms with van der Waals surface area (Å²) in [6.07, 6.45) is 3.04. The highest BCUT2D eigenvalue weighted by Gasteiger charge is 2.47. The zero-order valence-electron chi connectivity index (χ0n) is 15.9. The zero-order chi connectivity index (χ0) is 19.0. The zero-order valence-corrected chi connectivity index (χ0v) is 15.9. The van der Waals surface area contributed by atoms with Crippen molar-refractivity contribution in [1.29, 1.82) is 0 Å². The molecule has 3 aliphatic heterocycles. The van der Waals surface area contributed by atoms with E-state index in [9.17, 15) is 4.79 Å². The van der Waals surface area contributed by atoms with Gasteiger partial charge in [-0.2, -0.15) is 0 Å². The normalized spacial score (nSPS) is 20.9. The number of ether oxygens (including phenoxy) is 2. The van der Waals surface area contributed by atoms with Crippen molar-refractivity contribution < 1.29 is 14.3 Å². The molecule has 0 radical (unpaired) electrons. The molecule has 2 unspecified atom stereocenters. The number of hydrogen-bond acceptors (Lipinski definition) is 6. The van der Waals surface area contributed by atoms with Crippen LogP contribution in [0.1, 0.15) is 17.7 Å². The van der Waals surface area contributed by atoms with Gasteiger partial charge in [-0.25, -0.2) is 9.97 Å². The first-order valence-corrected chi connectivity index (χ1v) is 9.14. The second-order valence-electron chi connectivity index (χ2n) is 7.13. The lowest BCUT2D eigenvalue weighted by Crippen LogP contribution is -2.70. The first-order valence-electron chi connectivity index (χ1n) is 9.14. The molecule has 3 aliphatic rings. The van der Waals surface area contributed by atoms with Crippen LogP contribution >= 0.6 is 0 Å². The quantitative estimate of drug-likeness (QED) is 0.802. The van der Waals surface area contributed by atoms with Crippen molar-refractivity contribution in [2.24, 2.45) is 0 Å². The van der Waals surface area contributed by atoms with Crippen molar-refractivity contribution in [3.63, 3.8) is 0 Å². The minimum absolute atomic E-state index is 0.169. The summed E-state index contributed by atoms with van der Waals surface area (Å²) in [6, 6.07) is 8.16. The van der Waals surface area contributed by atoms with Gasteiger partial charge < -0.3 is 19.3 Å². The van der Waals surface area contributed by atoms with Crippen molar-refractivity contribution >= 4 is 11.7 Å². The lowest BCUT2D eigenvalue weighted by Gasteiger charge is -2.56. The number of anilines is 1. The van der Waals surface area contributed by atoms with Crippen molar-refractivity contribution in [1.82, 2.24) is 14.9 Å². The molecule has 7 heteroatoms. The van der Waals surface area contributed by atoms with E-state index in [1.165, 1.54) is 0 Å². The number of carbonyl (C=O) groups is 1. The Morgan fingerprint density at radius 1 is 1.11 bits per heavy atom. The Balaban J connectivity index is 1.42. The van der Waals surface area contributed by atoms with E-state index in [4.69, 9.17) is 9.47 Å². The first-order chi connectivity index (χ1) is 13.1. The number of aryl methyl sites for hydroxylation is 1. The maximum atomic E-state index is 12.9. The number of rotatable bonds is 5. The number of hydrogen-bond donors (Lipinski definition) is 0. The van der Waals surface area contributed by atoms with Crippen molar-refractivity contribution in [3.05, 3.63) is 41.9 Å². The highest BCUT2D eigenvalue weighted by molar-refractivity contribution is 5.81. The van der Waals surface area contributed by atoms with Crippen LogP contribution in [0.5, 0.6) is 11.5 Å². The van der Waals surface area contributed by atoms with E-state index in [1.54, 1.807) is 20.5 Å². The molecule has 2 aromatic rings. The van der Waals surface area contributed by atoms with Crippen molar-refractivity contribution in [2.45, 2.75) is 31.8 Å². The van der Waals surface area contributed by atoms with Crippen molar-refractivity contribution in [3.8, 4) is 11.5 Å². The molecular formula is C20H24N4O3. The van der Waals surface area contributed by atoms with E-state index < -0.39 is 0 Å². The topological polar surface area (TPSA) is 67.8 Å². The van der Waals surface area contributed by atoms with Gasteiger partial charge >= 0.3 is 0 Å². The molecule has 1 aromatic heterocycles. The second-order valence-corrected chi connectivity index (χ2v) is 7.13. The second kappa shape index (κ2) is 7.06. The van der Waals surface area contributed by atoms with Crippen LogP contribution in [0, 0.1) is 6.92 Å². The van der Waals surface area contributed by atoms with Gasteiger partial charge in [-0.15, -0.1) is 0 Å². The van der Waals surface area contributed by atoms with Crippen LogP contribution < -0.4 is 14.4 Å². The van der Waals surface area contributed by atoms with E-state index >= 15 is 0 Å². The van der Waals surface area contributed by atoms with Crippen LogP contribution in [0.4, 0.5) is 5.82 Å². The minimum Gasteiger partial charge on any atom is -0.493 e. The molecule has 1 aromatic carbocycles. The first kappa shape index (κ1) is 17.6. The highest BCUT2D eigenvalue weighted by atomic mass is 16.5. The van der Waals surface area contributed by atoms with Gasteiger partial charge in [0.15, 0.2) is 11.5 Å².